The molecule has 0 spiro atoms. The largest absolute Gasteiger partial charge is 0.497 e. The summed E-state index contributed by atoms with van der Waals surface area (Å²) in [6, 6.07) is 55.2. The van der Waals surface area contributed by atoms with Crippen LogP contribution in [0.25, 0.3) is 28.2 Å². The lowest BCUT2D eigenvalue weighted by atomic mass is 9.68. The zero-order valence-electron chi connectivity index (χ0n) is 29.8. The highest BCUT2D eigenvalue weighted by Gasteiger charge is 2.56. The molecular weight excluding hydrogens is 657 g/mol. The normalized spacial score (nSPS) is 16.6. The summed E-state index contributed by atoms with van der Waals surface area (Å²) in [5.41, 5.74) is 6.36. The van der Waals surface area contributed by atoms with Crippen molar-refractivity contribution in [3.63, 3.8) is 0 Å². The fourth-order valence-electron chi connectivity index (χ4n) is 7.34. The van der Waals surface area contributed by atoms with E-state index in [4.69, 9.17) is 19.7 Å². The van der Waals surface area contributed by atoms with Crippen LogP contribution in [0.15, 0.2) is 175 Å². The van der Waals surface area contributed by atoms with Crippen LogP contribution in [-0.2, 0) is 0 Å². The van der Waals surface area contributed by atoms with Crippen molar-refractivity contribution in [2.24, 2.45) is 10.5 Å². The van der Waals surface area contributed by atoms with E-state index in [-0.39, 0.29) is 5.78 Å². The number of ether oxygens (including phenoxy) is 2. The van der Waals surface area contributed by atoms with Gasteiger partial charge in [0.25, 0.3) is 0 Å². The topological polar surface area (TPSA) is 68.9 Å². The van der Waals surface area contributed by atoms with Gasteiger partial charge in [-0.3, -0.25) is 9.80 Å². The molecule has 0 saturated carbocycles. The molecular formula is C46H38N4O3. The van der Waals surface area contributed by atoms with Crippen LogP contribution in [-0.4, -0.2) is 35.5 Å². The van der Waals surface area contributed by atoms with Crippen molar-refractivity contribution < 1.29 is 14.3 Å². The number of para-hydroxylation sites is 2. The Balaban J connectivity index is 1.45. The molecule has 0 aliphatic carbocycles. The molecule has 2 atom stereocenters. The van der Waals surface area contributed by atoms with E-state index < -0.39 is 11.5 Å². The molecule has 2 heterocycles. The summed E-state index contributed by atoms with van der Waals surface area (Å²) in [5.74, 6) is 1.33. The van der Waals surface area contributed by atoms with Crippen molar-refractivity contribution in [1.29, 1.82) is 0 Å². The SMILES string of the molecule is COc1ccc(C2=NN(c3ccccc3)C(c3ccccc3)C2(C)C(=O)c2c(-c3ccc(OC)cc3)nn(-c3ccccc3)c2-c2ccccc2)cc1. The molecule has 260 valence electrons. The minimum atomic E-state index is -1.22. The Kier molecular flexibility index (Phi) is 8.90. The molecule has 2 unspecified atom stereocenters. The Hall–Kier alpha value is -6.73. The molecule has 0 N–H and O–H groups in total. The number of nitrogens with zero attached hydrogens (tertiary/aromatic N) is 4. The van der Waals surface area contributed by atoms with Gasteiger partial charge in [-0.2, -0.15) is 10.2 Å². The second-order valence-electron chi connectivity index (χ2n) is 13.1. The Labute approximate surface area is 309 Å². The summed E-state index contributed by atoms with van der Waals surface area (Å²) in [6.07, 6.45) is 0. The van der Waals surface area contributed by atoms with Crippen molar-refractivity contribution in [3.05, 3.63) is 187 Å². The van der Waals surface area contributed by atoms with E-state index in [2.05, 4.69) is 12.1 Å². The van der Waals surface area contributed by atoms with Crippen LogP contribution in [0.2, 0.25) is 0 Å². The summed E-state index contributed by atoms with van der Waals surface area (Å²) < 4.78 is 13.0. The number of rotatable bonds is 10. The van der Waals surface area contributed by atoms with Gasteiger partial charge in [-0.1, -0.05) is 97.1 Å². The van der Waals surface area contributed by atoms with E-state index in [9.17, 15) is 0 Å². The number of aromatic nitrogens is 2. The number of hydrogen-bond acceptors (Lipinski definition) is 6. The van der Waals surface area contributed by atoms with Gasteiger partial charge in [-0.25, -0.2) is 4.68 Å². The number of carbonyl (C=O) groups is 1. The van der Waals surface area contributed by atoms with Gasteiger partial charge in [-0.15, -0.1) is 0 Å². The molecule has 53 heavy (non-hydrogen) atoms. The smallest absolute Gasteiger partial charge is 0.181 e. The summed E-state index contributed by atoms with van der Waals surface area (Å²) in [7, 11) is 3.29. The molecule has 1 aliphatic rings. The minimum absolute atomic E-state index is 0.105. The highest BCUT2D eigenvalue weighted by molar-refractivity contribution is 6.26. The van der Waals surface area contributed by atoms with Crippen molar-refractivity contribution in [1.82, 2.24) is 9.78 Å². The van der Waals surface area contributed by atoms with Crippen LogP contribution in [0, 0.1) is 5.41 Å². The van der Waals surface area contributed by atoms with E-state index >= 15 is 4.79 Å². The van der Waals surface area contributed by atoms with E-state index in [0.717, 1.165) is 39.4 Å². The third-order valence-corrected chi connectivity index (χ3v) is 9.99. The molecule has 7 nitrogen and oxygen atoms in total. The predicted molar refractivity (Wildman–Crippen MR) is 211 cm³/mol. The quantitative estimate of drug-likeness (QED) is 0.133. The van der Waals surface area contributed by atoms with Gasteiger partial charge in [0, 0.05) is 11.1 Å². The van der Waals surface area contributed by atoms with Crippen molar-refractivity contribution in [3.8, 4) is 39.7 Å². The maximum absolute atomic E-state index is 16.4. The third-order valence-electron chi connectivity index (χ3n) is 9.99. The van der Waals surface area contributed by atoms with E-state index in [1.54, 1.807) is 14.2 Å². The van der Waals surface area contributed by atoms with Crippen LogP contribution in [0.3, 0.4) is 0 Å². The first kappa shape index (κ1) is 33.4. The molecule has 1 aliphatic heterocycles. The molecule has 0 radical (unpaired) electrons. The lowest BCUT2D eigenvalue weighted by Gasteiger charge is -2.35. The Morgan fingerprint density at radius 2 is 1.08 bits per heavy atom. The molecule has 8 rings (SSSR count). The number of carbonyl (C=O) groups excluding carboxylic acids is 1. The molecule has 0 saturated heterocycles. The second kappa shape index (κ2) is 14.1. The van der Waals surface area contributed by atoms with Crippen LogP contribution in [0.1, 0.15) is 34.5 Å². The number of Topliss-reactive ketones (excluding diaryl/α,β-unsaturated/α-hetero) is 1. The van der Waals surface area contributed by atoms with Gasteiger partial charge in [0.05, 0.1) is 48.6 Å². The average Bonchev–Trinajstić information content (AvgIpc) is 3.79. The van der Waals surface area contributed by atoms with Gasteiger partial charge in [0.1, 0.15) is 22.6 Å². The molecule has 0 fully saturated rings. The van der Waals surface area contributed by atoms with Crippen LogP contribution in [0.4, 0.5) is 5.69 Å². The first-order chi connectivity index (χ1) is 26.0. The van der Waals surface area contributed by atoms with Gasteiger partial charge in [0.15, 0.2) is 5.78 Å². The molecule has 7 heteroatoms. The minimum Gasteiger partial charge on any atom is -0.497 e. The summed E-state index contributed by atoms with van der Waals surface area (Å²) in [5, 5.41) is 12.7. The van der Waals surface area contributed by atoms with E-state index in [1.165, 1.54) is 0 Å². The van der Waals surface area contributed by atoms with Crippen molar-refractivity contribution >= 4 is 17.2 Å². The molecule has 6 aromatic carbocycles. The van der Waals surface area contributed by atoms with Gasteiger partial charge in [-0.05, 0) is 90.8 Å². The van der Waals surface area contributed by atoms with E-state index in [0.29, 0.717) is 28.4 Å². The van der Waals surface area contributed by atoms with Gasteiger partial charge in [0.2, 0.25) is 0 Å². The lowest BCUT2D eigenvalue weighted by Crippen LogP contribution is -2.42. The Morgan fingerprint density at radius 3 is 1.62 bits per heavy atom. The highest BCUT2D eigenvalue weighted by Crippen LogP contribution is 2.52. The number of benzene rings is 6. The summed E-state index contributed by atoms with van der Waals surface area (Å²) in [4.78, 5) is 16.4. The maximum Gasteiger partial charge on any atom is 0.181 e. The Bertz CT molecular complexity index is 2380. The third kappa shape index (κ3) is 5.96. The Morgan fingerprint density at radius 1 is 0.585 bits per heavy atom. The van der Waals surface area contributed by atoms with Crippen molar-refractivity contribution in [2.45, 2.75) is 13.0 Å². The van der Waals surface area contributed by atoms with Crippen LogP contribution in [0.5, 0.6) is 11.5 Å². The maximum atomic E-state index is 16.4. The fourth-order valence-corrected chi connectivity index (χ4v) is 7.34. The standard InChI is InChI=1S/C46H38N4O3/c1-46(43(34-26-30-39(53-3)31-27-34)48-50(37-22-14-7-15-23-37)44(46)35-18-10-5-11-19-35)45(51)40-41(32-24-28-38(52-2)29-25-32)47-49(36-20-12-6-13-21-36)42(40)33-16-8-4-9-17-33/h4-31,44H,1-3H3. The number of ketones is 1. The number of methoxy groups -OCH3 is 2. The van der Waals surface area contributed by atoms with Crippen LogP contribution >= 0.6 is 0 Å². The zero-order chi connectivity index (χ0) is 36.4. The molecule has 1 aromatic heterocycles. The number of anilines is 1. The number of hydrogen-bond donors (Lipinski definition) is 0. The first-order valence-electron chi connectivity index (χ1n) is 17.6. The van der Waals surface area contributed by atoms with Crippen molar-refractivity contribution in [2.75, 3.05) is 19.2 Å². The predicted octanol–water partition coefficient (Wildman–Crippen LogP) is 10.1. The zero-order valence-corrected chi connectivity index (χ0v) is 29.8. The molecule has 0 bridgehead atoms. The van der Waals surface area contributed by atoms with Gasteiger partial charge < -0.3 is 9.47 Å². The van der Waals surface area contributed by atoms with E-state index in [1.807, 2.05) is 174 Å². The van der Waals surface area contributed by atoms with Gasteiger partial charge >= 0.3 is 0 Å². The fraction of sp³-hybridized carbons (Fsp3) is 0.109. The second-order valence-corrected chi connectivity index (χ2v) is 13.1. The molecule has 0 amide bonds. The molecule has 7 aromatic rings. The monoisotopic (exact) mass is 694 g/mol. The average molecular weight is 695 g/mol. The lowest BCUT2D eigenvalue weighted by molar-refractivity contribution is 0.0870. The first-order valence-corrected chi connectivity index (χ1v) is 17.6. The summed E-state index contributed by atoms with van der Waals surface area (Å²) >= 11 is 0. The highest BCUT2D eigenvalue weighted by atomic mass is 16.5. The summed E-state index contributed by atoms with van der Waals surface area (Å²) in [6.45, 7) is 2.03. The van der Waals surface area contributed by atoms with Crippen LogP contribution < -0.4 is 14.5 Å². The number of hydrazone groups is 1.